The molecule has 0 spiro atoms. The van der Waals surface area contributed by atoms with E-state index in [9.17, 15) is 4.79 Å². The average molecular weight is 514 g/mol. The zero-order valence-electron chi connectivity index (χ0n) is 17.7. The van der Waals surface area contributed by atoms with Crippen LogP contribution in [0.25, 0.3) is 0 Å². The second-order valence-electron chi connectivity index (χ2n) is 6.07. The van der Waals surface area contributed by atoms with Gasteiger partial charge in [0.25, 0.3) is 0 Å². The number of thiocarbonyl (C=S) groups is 1. The molecule has 32 heavy (non-hydrogen) atoms. The quantitative estimate of drug-likeness (QED) is 0.130. The third-order valence-electron chi connectivity index (χ3n) is 3.66. The van der Waals surface area contributed by atoms with Gasteiger partial charge in [-0.25, -0.2) is 4.98 Å². The Morgan fingerprint density at radius 1 is 0.844 bits per heavy atom. The van der Waals surface area contributed by atoms with Crippen molar-refractivity contribution in [2.75, 3.05) is 57.8 Å². The first kappa shape index (κ1) is 27.1. The molecule has 0 aliphatic carbocycles. The number of esters is 1. The molecular formula is C22H27NO5S4. The molecule has 1 aromatic heterocycles. The molecule has 0 fully saturated rings. The minimum absolute atomic E-state index is 0.192. The van der Waals surface area contributed by atoms with Gasteiger partial charge >= 0.3 is 5.97 Å². The summed E-state index contributed by atoms with van der Waals surface area (Å²) in [7, 11) is 3.36. The predicted molar refractivity (Wildman–Crippen MR) is 137 cm³/mol. The first-order valence-corrected chi connectivity index (χ1v) is 13.8. The van der Waals surface area contributed by atoms with E-state index in [1.807, 2.05) is 48.5 Å². The number of rotatable bonds is 17. The topological polar surface area (TPSA) is 66.9 Å². The van der Waals surface area contributed by atoms with E-state index in [1.54, 1.807) is 27.8 Å². The summed E-state index contributed by atoms with van der Waals surface area (Å²) < 4.78 is 22.2. The molecule has 1 aromatic carbocycles. The first-order valence-electron chi connectivity index (χ1n) is 10.1. The van der Waals surface area contributed by atoms with E-state index in [0.29, 0.717) is 43.8 Å². The molecule has 0 unspecified atom stereocenters. The number of carbonyl (C=O) groups is 1. The molecule has 0 saturated carbocycles. The minimum Gasteiger partial charge on any atom is -0.463 e. The lowest BCUT2D eigenvalue weighted by Crippen LogP contribution is -2.15. The fourth-order valence-electron chi connectivity index (χ4n) is 2.17. The van der Waals surface area contributed by atoms with Gasteiger partial charge in [-0.3, -0.25) is 4.79 Å². The standard InChI is InChI=1S/C22H27NO5S4/c24-21(18-30-22(29)19-6-2-1-3-7-19)28-15-14-26-11-10-25-12-13-27-16-17-31-32-20-8-4-5-9-23-20/h1-9H,10-18H2. The number of aromatic nitrogens is 1. The zero-order valence-corrected chi connectivity index (χ0v) is 20.9. The second kappa shape index (κ2) is 18.3. The summed E-state index contributed by atoms with van der Waals surface area (Å²) in [6.07, 6.45) is 1.79. The Hall–Kier alpha value is -1.14. The number of pyridine rings is 1. The second-order valence-corrected chi connectivity index (χ2v) is 10.2. The molecule has 0 bridgehead atoms. The van der Waals surface area contributed by atoms with E-state index < -0.39 is 0 Å². The van der Waals surface area contributed by atoms with Gasteiger partial charge in [-0.2, -0.15) is 0 Å². The van der Waals surface area contributed by atoms with E-state index >= 15 is 0 Å². The fraction of sp³-hybridized carbons (Fsp3) is 0.409. The van der Waals surface area contributed by atoms with E-state index in [0.717, 1.165) is 16.3 Å². The van der Waals surface area contributed by atoms with Crippen LogP contribution in [0.5, 0.6) is 0 Å². The number of nitrogens with zero attached hydrogens (tertiary/aromatic N) is 1. The van der Waals surface area contributed by atoms with E-state index in [-0.39, 0.29) is 18.3 Å². The first-order chi connectivity index (χ1) is 15.8. The van der Waals surface area contributed by atoms with Crippen LogP contribution in [0.1, 0.15) is 5.56 Å². The summed E-state index contributed by atoms with van der Waals surface area (Å²) in [6, 6.07) is 15.5. The number of hydrogen-bond donors (Lipinski definition) is 0. The van der Waals surface area contributed by atoms with Crippen molar-refractivity contribution in [1.29, 1.82) is 0 Å². The van der Waals surface area contributed by atoms with Crippen molar-refractivity contribution in [3.05, 3.63) is 60.3 Å². The van der Waals surface area contributed by atoms with Crippen molar-refractivity contribution in [3.8, 4) is 0 Å². The van der Waals surface area contributed by atoms with Gasteiger partial charge < -0.3 is 18.9 Å². The molecule has 0 N–H and O–H groups in total. The monoisotopic (exact) mass is 513 g/mol. The Kier molecular flexibility index (Phi) is 15.5. The van der Waals surface area contributed by atoms with Gasteiger partial charge in [0.15, 0.2) is 0 Å². The van der Waals surface area contributed by atoms with Crippen molar-refractivity contribution in [3.63, 3.8) is 0 Å². The van der Waals surface area contributed by atoms with Crippen LogP contribution in [0, 0.1) is 0 Å². The highest BCUT2D eigenvalue weighted by molar-refractivity contribution is 8.76. The van der Waals surface area contributed by atoms with Gasteiger partial charge in [-0.1, -0.05) is 59.4 Å². The van der Waals surface area contributed by atoms with Crippen LogP contribution in [0.3, 0.4) is 0 Å². The number of hydrogen-bond acceptors (Lipinski definition) is 10. The molecule has 0 radical (unpaired) electrons. The van der Waals surface area contributed by atoms with Crippen LogP contribution in [0.2, 0.25) is 0 Å². The fourth-order valence-corrected chi connectivity index (χ4v) is 4.86. The Morgan fingerprint density at radius 3 is 2.19 bits per heavy atom. The number of ether oxygens (including phenoxy) is 4. The van der Waals surface area contributed by atoms with Crippen LogP contribution in [-0.4, -0.2) is 72.9 Å². The highest BCUT2D eigenvalue weighted by Gasteiger charge is 2.07. The lowest BCUT2D eigenvalue weighted by atomic mass is 10.2. The van der Waals surface area contributed by atoms with Gasteiger partial charge in [0.2, 0.25) is 0 Å². The van der Waals surface area contributed by atoms with E-state index in [2.05, 4.69) is 4.98 Å². The van der Waals surface area contributed by atoms with Crippen LogP contribution in [-0.2, 0) is 23.7 Å². The highest BCUT2D eigenvalue weighted by atomic mass is 33.1. The minimum atomic E-state index is -0.304. The third kappa shape index (κ3) is 13.4. The van der Waals surface area contributed by atoms with E-state index in [1.165, 1.54) is 11.8 Å². The molecule has 6 nitrogen and oxygen atoms in total. The molecule has 0 aliphatic heterocycles. The number of thioether (sulfide) groups is 1. The average Bonchev–Trinajstić information content (AvgIpc) is 2.84. The molecule has 2 rings (SSSR count). The summed E-state index contributed by atoms with van der Waals surface area (Å²) in [4.78, 5) is 16.0. The van der Waals surface area contributed by atoms with Crippen molar-refractivity contribution in [2.24, 2.45) is 0 Å². The van der Waals surface area contributed by atoms with Gasteiger partial charge in [-0.05, 0) is 28.5 Å². The number of carbonyl (C=O) groups excluding carboxylic acids is 1. The Balaban J connectivity index is 1.31. The Labute approximate surface area is 206 Å². The van der Waals surface area contributed by atoms with Crippen LogP contribution in [0.4, 0.5) is 0 Å². The summed E-state index contributed by atoms with van der Waals surface area (Å²) in [6.45, 7) is 3.22. The molecule has 0 amide bonds. The van der Waals surface area contributed by atoms with Crippen molar-refractivity contribution in [1.82, 2.24) is 4.98 Å². The van der Waals surface area contributed by atoms with Crippen molar-refractivity contribution in [2.45, 2.75) is 5.03 Å². The molecule has 0 saturated heterocycles. The molecule has 0 aliphatic rings. The maximum absolute atomic E-state index is 11.7. The predicted octanol–water partition coefficient (Wildman–Crippen LogP) is 4.52. The third-order valence-corrected chi connectivity index (χ3v) is 7.35. The molecule has 1 heterocycles. The number of benzene rings is 1. The molecule has 10 heteroatoms. The smallest absolute Gasteiger partial charge is 0.316 e. The molecule has 174 valence electrons. The molecule has 0 atom stereocenters. The zero-order chi connectivity index (χ0) is 22.7. The van der Waals surface area contributed by atoms with Crippen LogP contribution < -0.4 is 0 Å². The van der Waals surface area contributed by atoms with Crippen LogP contribution in [0.15, 0.2) is 59.8 Å². The van der Waals surface area contributed by atoms with Crippen LogP contribution >= 0.6 is 45.6 Å². The highest BCUT2D eigenvalue weighted by Crippen LogP contribution is 2.28. The van der Waals surface area contributed by atoms with Gasteiger partial charge in [0, 0.05) is 11.9 Å². The maximum atomic E-state index is 11.7. The van der Waals surface area contributed by atoms with Gasteiger partial charge in [0.1, 0.15) is 11.6 Å². The lowest BCUT2D eigenvalue weighted by molar-refractivity contribution is -0.142. The normalized spacial score (nSPS) is 10.8. The summed E-state index contributed by atoms with van der Waals surface area (Å²) in [5.74, 6) is 0.776. The summed E-state index contributed by atoms with van der Waals surface area (Å²) >= 11 is 6.60. The van der Waals surface area contributed by atoms with Crippen molar-refractivity contribution < 1.29 is 23.7 Å². The Morgan fingerprint density at radius 2 is 1.50 bits per heavy atom. The summed E-state index contributed by atoms with van der Waals surface area (Å²) in [5, 5.41) is 1.00. The van der Waals surface area contributed by atoms with Gasteiger partial charge in [-0.15, -0.1) is 11.8 Å². The maximum Gasteiger partial charge on any atom is 0.316 e. The largest absolute Gasteiger partial charge is 0.463 e. The molecular weight excluding hydrogens is 487 g/mol. The lowest BCUT2D eigenvalue weighted by Gasteiger charge is -2.08. The van der Waals surface area contributed by atoms with Crippen molar-refractivity contribution >= 4 is 55.7 Å². The molecule has 2 aromatic rings. The summed E-state index contributed by atoms with van der Waals surface area (Å²) in [5.41, 5.74) is 0.938. The Bertz CT molecular complexity index is 767. The SMILES string of the molecule is O=C(CSC(=S)c1ccccc1)OCCOCCOCCOCCSSc1ccccn1. The van der Waals surface area contributed by atoms with Gasteiger partial charge in [0.05, 0.1) is 49.6 Å². The van der Waals surface area contributed by atoms with E-state index in [4.69, 9.17) is 31.2 Å².